The molecule has 34 heavy (non-hydrogen) atoms. The number of carbonyl (C=O) groups excluding carboxylic acids is 1. The Morgan fingerprint density at radius 3 is 2.56 bits per heavy atom. The summed E-state index contributed by atoms with van der Waals surface area (Å²) in [4.78, 5) is 25.3. The number of ether oxygens (including phenoxy) is 4. The molecule has 0 unspecified atom stereocenters. The Morgan fingerprint density at radius 2 is 1.85 bits per heavy atom. The Balaban J connectivity index is 1.56. The van der Waals surface area contributed by atoms with Crippen molar-refractivity contribution in [3.8, 4) is 28.9 Å². The standard InChI is InChI=1S/C23H24N6O5/c1-5-33-21-8-17-16(7-20(21)32-4)23(26-13-25-17)34-15-6-19(31-3)18(24-11-15)9-22(30)28-14-10-27-29(2)12-14/h6-8,10-13H,5,9H2,1-4H3,(H,28,30). The van der Waals surface area contributed by atoms with Crippen molar-refractivity contribution in [3.63, 3.8) is 0 Å². The number of nitrogens with one attached hydrogen (secondary N) is 1. The number of hydrogen-bond donors (Lipinski definition) is 1. The molecule has 0 aliphatic rings. The second kappa shape index (κ2) is 10.0. The summed E-state index contributed by atoms with van der Waals surface area (Å²) >= 11 is 0. The third-order valence-electron chi connectivity index (χ3n) is 4.84. The fraction of sp³-hybridized carbons (Fsp3) is 0.261. The van der Waals surface area contributed by atoms with Crippen LogP contribution < -0.4 is 24.3 Å². The second-order valence-electron chi connectivity index (χ2n) is 7.18. The van der Waals surface area contributed by atoms with E-state index in [2.05, 4.69) is 25.4 Å². The molecular formula is C23H24N6O5. The molecule has 4 aromatic rings. The lowest BCUT2D eigenvalue weighted by atomic mass is 10.2. The molecule has 11 nitrogen and oxygen atoms in total. The van der Waals surface area contributed by atoms with Crippen molar-refractivity contribution in [1.29, 1.82) is 0 Å². The van der Waals surface area contributed by atoms with E-state index in [1.165, 1.54) is 19.6 Å². The number of aryl methyl sites for hydroxylation is 1. The molecule has 1 aromatic carbocycles. The predicted octanol–water partition coefficient (Wildman–Crippen LogP) is 3.15. The third kappa shape index (κ3) is 4.98. The van der Waals surface area contributed by atoms with Crippen LogP contribution in [0.2, 0.25) is 0 Å². The van der Waals surface area contributed by atoms with Gasteiger partial charge in [0.2, 0.25) is 11.8 Å². The minimum atomic E-state index is -0.244. The fourth-order valence-corrected chi connectivity index (χ4v) is 3.32. The van der Waals surface area contributed by atoms with Gasteiger partial charge in [0.1, 0.15) is 12.1 Å². The van der Waals surface area contributed by atoms with Crippen molar-refractivity contribution in [1.82, 2.24) is 24.7 Å². The van der Waals surface area contributed by atoms with Gasteiger partial charge in [0.15, 0.2) is 17.2 Å². The number of carbonyl (C=O) groups is 1. The molecule has 3 aromatic heterocycles. The van der Waals surface area contributed by atoms with Crippen molar-refractivity contribution in [2.75, 3.05) is 26.1 Å². The van der Waals surface area contributed by atoms with Crippen molar-refractivity contribution >= 4 is 22.5 Å². The normalized spacial score (nSPS) is 10.7. The van der Waals surface area contributed by atoms with E-state index in [0.717, 1.165) is 0 Å². The lowest BCUT2D eigenvalue weighted by Crippen LogP contribution is -2.15. The van der Waals surface area contributed by atoms with E-state index in [1.54, 1.807) is 49.4 Å². The number of pyridine rings is 1. The highest BCUT2D eigenvalue weighted by Gasteiger charge is 2.16. The van der Waals surface area contributed by atoms with Crippen LogP contribution in [0.5, 0.6) is 28.9 Å². The molecule has 0 radical (unpaired) electrons. The molecule has 0 aliphatic carbocycles. The van der Waals surface area contributed by atoms with Gasteiger partial charge >= 0.3 is 0 Å². The number of fused-ring (bicyclic) bond motifs is 1. The lowest BCUT2D eigenvalue weighted by molar-refractivity contribution is -0.115. The van der Waals surface area contributed by atoms with Crippen LogP contribution >= 0.6 is 0 Å². The summed E-state index contributed by atoms with van der Waals surface area (Å²) in [7, 11) is 4.84. The molecule has 0 fully saturated rings. The van der Waals surface area contributed by atoms with Gasteiger partial charge in [0.25, 0.3) is 0 Å². The van der Waals surface area contributed by atoms with Crippen molar-refractivity contribution in [2.24, 2.45) is 7.05 Å². The Bertz CT molecular complexity index is 1320. The van der Waals surface area contributed by atoms with Gasteiger partial charge in [-0.05, 0) is 13.0 Å². The van der Waals surface area contributed by atoms with Crippen LogP contribution in [0.4, 0.5) is 5.69 Å². The van der Waals surface area contributed by atoms with E-state index in [1.807, 2.05) is 6.92 Å². The van der Waals surface area contributed by atoms with Crippen LogP contribution in [-0.4, -0.2) is 51.5 Å². The van der Waals surface area contributed by atoms with Gasteiger partial charge in [0, 0.05) is 25.4 Å². The van der Waals surface area contributed by atoms with Crippen molar-refractivity contribution < 1.29 is 23.7 Å². The molecule has 0 atom stereocenters. The first-order valence-corrected chi connectivity index (χ1v) is 10.5. The van der Waals surface area contributed by atoms with Crippen LogP contribution in [-0.2, 0) is 18.3 Å². The van der Waals surface area contributed by atoms with E-state index in [0.29, 0.717) is 57.8 Å². The Hall–Kier alpha value is -4.41. The van der Waals surface area contributed by atoms with Crippen LogP contribution in [0.15, 0.2) is 43.1 Å². The van der Waals surface area contributed by atoms with E-state index >= 15 is 0 Å². The molecule has 176 valence electrons. The maximum absolute atomic E-state index is 12.4. The summed E-state index contributed by atoms with van der Waals surface area (Å²) in [5, 5.41) is 7.44. The summed E-state index contributed by atoms with van der Waals surface area (Å²) in [5.41, 5.74) is 1.70. The van der Waals surface area contributed by atoms with Gasteiger partial charge in [-0.3, -0.25) is 14.5 Å². The number of benzene rings is 1. The zero-order valence-corrected chi connectivity index (χ0v) is 19.2. The molecule has 0 aliphatic heterocycles. The smallest absolute Gasteiger partial charge is 0.230 e. The molecule has 0 saturated heterocycles. The van der Waals surface area contributed by atoms with E-state index < -0.39 is 0 Å². The van der Waals surface area contributed by atoms with Gasteiger partial charge in [-0.15, -0.1) is 0 Å². The first kappa shape index (κ1) is 22.8. The summed E-state index contributed by atoms with van der Waals surface area (Å²) in [6.07, 6.45) is 6.21. The molecule has 0 spiro atoms. The molecule has 0 bridgehead atoms. The maximum Gasteiger partial charge on any atom is 0.230 e. The highest BCUT2D eigenvalue weighted by molar-refractivity contribution is 5.92. The summed E-state index contributed by atoms with van der Waals surface area (Å²) < 4.78 is 24.1. The monoisotopic (exact) mass is 464 g/mol. The van der Waals surface area contributed by atoms with Crippen LogP contribution in [0, 0.1) is 0 Å². The lowest BCUT2D eigenvalue weighted by Gasteiger charge is -2.13. The zero-order valence-electron chi connectivity index (χ0n) is 19.2. The summed E-state index contributed by atoms with van der Waals surface area (Å²) in [6, 6.07) is 5.19. The Labute approximate surface area is 195 Å². The van der Waals surface area contributed by atoms with Gasteiger partial charge < -0.3 is 24.3 Å². The third-order valence-corrected chi connectivity index (χ3v) is 4.84. The number of nitrogens with zero attached hydrogens (tertiary/aromatic N) is 5. The van der Waals surface area contributed by atoms with Gasteiger partial charge in [-0.2, -0.15) is 5.10 Å². The number of hydrogen-bond acceptors (Lipinski definition) is 9. The number of methoxy groups -OCH3 is 2. The first-order valence-electron chi connectivity index (χ1n) is 10.5. The van der Waals surface area contributed by atoms with Gasteiger partial charge in [0.05, 0.1) is 61.9 Å². The van der Waals surface area contributed by atoms with E-state index in [9.17, 15) is 4.79 Å². The van der Waals surface area contributed by atoms with Crippen LogP contribution in [0.1, 0.15) is 12.6 Å². The molecule has 0 saturated carbocycles. The molecule has 4 rings (SSSR count). The van der Waals surface area contributed by atoms with Gasteiger partial charge in [-0.25, -0.2) is 9.97 Å². The Morgan fingerprint density at radius 1 is 1.03 bits per heavy atom. The minimum absolute atomic E-state index is 0.0200. The average Bonchev–Trinajstić information content (AvgIpc) is 3.24. The predicted molar refractivity (Wildman–Crippen MR) is 124 cm³/mol. The topological polar surface area (TPSA) is 123 Å². The minimum Gasteiger partial charge on any atom is -0.495 e. The highest BCUT2D eigenvalue weighted by atomic mass is 16.5. The Kier molecular flexibility index (Phi) is 6.72. The SMILES string of the molecule is CCOc1cc2ncnc(Oc3cnc(CC(=O)Nc4cnn(C)c4)c(OC)c3)c2cc1OC. The van der Waals surface area contributed by atoms with E-state index in [-0.39, 0.29) is 12.3 Å². The highest BCUT2D eigenvalue weighted by Crippen LogP contribution is 2.36. The largest absolute Gasteiger partial charge is 0.495 e. The number of anilines is 1. The second-order valence-corrected chi connectivity index (χ2v) is 7.18. The summed E-state index contributed by atoms with van der Waals surface area (Å²) in [5.74, 6) is 2.00. The van der Waals surface area contributed by atoms with E-state index in [4.69, 9.17) is 18.9 Å². The number of rotatable bonds is 9. The molecule has 3 heterocycles. The van der Waals surface area contributed by atoms with Crippen LogP contribution in [0.25, 0.3) is 10.9 Å². The average molecular weight is 464 g/mol. The van der Waals surface area contributed by atoms with Crippen LogP contribution in [0.3, 0.4) is 0 Å². The molecular weight excluding hydrogens is 440 g/mol. The van der Waals surface area contributed by atoms with Crippen molar-refractivity contribution in [2.45, 2.75) is 13.3 Å². The number of amides is 1. The quantitative estimate of drug-likeness (QED) is 0.398. The summed E-state index contributed by atoms with van der Waals surface area (Å²) in [6.45, 7) is 2.39. The fourth-order valence-electron chi connectivity index (χ4n) is 3.32. The maximum atomic E-state index is 12.4. The first-order chi connectivity index (χ1) is 16.5. The zero-order chi connectivity index (χ0) is 24.1. The van der Waals surface area contributed by atoms with Crippen molar-refractivity contribution in [3.05, 3.63) is 48.8 Å². The molecule has 11 heteroatoms. The molecule has 1 amide bonds. The molecule has 1 N–H and O–H groups in total. The van der Waals surface area contributed by atoms with Gasteiger partial charge in [-0.1, -0.05) is 0 Å². The number of aromatic nitrogens is 5.